The van der Waals surface area contributed by atoms with Crippen LogP contribution in [0.5, 0.6) is 0 Å². The molecule has 3 amide bonds. The molecule has 3 saturated heterocycles. The van der Waals surface area contributed by atoms with E-state index in [1.54, 1.807) is 30.3 Å². The number of allylic oxidation sites excluding steroid dienone is 5. The average molecular weight is 943 g/mol. The lowest BCUT2D eigenvalue weighted by atomic mass is 9.88. The molecular weight excluding hydrogens is 880 g/mol. The highest BCUT2D eigenvalue weighted by Crippen LogP contribution is 2.36. The zero-order valence-corrected chi connectivity index (χ0v) is 36.3. The number of aliphatic hydroxyl groups is 9. The van der Waals surface area contributed by atoms with Crippen molar-refractivity contribution in [2.75, 3.05) is 39.5 Å². The highest BCUT2D eigenvalue weighted by Gasteiger charge is 2.57. The van der Waals surface area contributed by atoms with Crippen molar-refractivity contribution >= 4 is 29.3 Å². The first-order valence-electron chi connectivity index (χ1n) is 21.0. The number of aliphatic hydroxyl groups excluding tert-OH is 9. The molecule has 3 aliphatic heterocycles. The SMILES string of the molecule is C=C/C(=C\C=C/C)c1ccc(CC(=O)NC[C@@H](O)[C@@H](O)C2O[C@@](OCC3O[C@@H](O[C@@H]4C(CO)O[C@@H](OCCN)C(NC(C)=O)C4O)C(O)C(O)[C@H]3O)(C(=O)O)CC(O)[C@H]2NC(=O)CO)cc1. The van der Waals surface area contributed by atoms with Crippen molar-refractivity contribution in [2.24, 2.45) is 5.73 Å². The minimum atomic E-state index is -2.96. The maximum Gasteiger partial charge on any atom is 0.364 e. The Hall–Kier alpha value is -4.32. The Bertz CT molecular complexity index is 1840. The van der Waals surface area contributed by atoms with Crippen molar-refractivity contribution in [1.29, 1.82) is 0 Å². The van der Waals surface area contributed by atoms with Gasteiger partial charge in [0.2, 0.25) is 17.7 Å². The number of carboxylic acids is 1. The standard InChI is InChI=1S/C42H62N4O20/c1-4-6-7-22(5-2)23-10-8-21(9-11-23)14-28(52)44-16-25(51)32(54)38-30(46-29(53)18-48)24(50)15-42(66-38,41(59)60)62-19-27-33(55)35(57)36(58)40(64-27)65-37-26(17-47)63-39(61-13-12-43)31(34(37)56)45-20(3)49/h4-11,24-27,30-40,47-48,50-51,54-58H,2,12-19,43H2,1,3H3,(H,44,52)(H,45,49)(H,46,53)(H,59,60)/b6-4-,22-7+/t24?,25-,26?,27?,30-,31?,32-,33+,34?,35?,36?,37-,38?,39-,40+,42-/m1/s1. The van der Waals surface area contributed by atoms with Crippen LogP contribution >= 0.6 is 0 Å². The number of benzene rings is 1. The summed E-state index contributed by atoms with van der Waals surface area (Å²) in [6, 6.07) is 3.97. The molecule has 0 spiro atoms. The van der Waals surface area contributed by atoms with Gasteiger partial charge in [-0.3, -0.25) is 14.4 Å². The first kappa shape index (κ1) is 54.3. The lowest BCUT2D eigenvalue weighted by molar-refractivity contribution is -0.359. The molecule has 1 aromatic rings. The summed E-state index contributed by atoms with van der Waals surface area (Å²) in [6.45, 7) is 3.17. The van der Waals surface area contributed by atoms with Gasteiger partial charge >= 0.3 is 5.97 Å². The third-order valence-electron chi connectivity index (χ3n) is 11.0. The normalized spacial score (nSPS) is 33.7. The number of carbonyl (C=O) groups excluding carboxylic acids is 3. The van der Waals surface area contributed by atoms with Crippen molar-refractivity contribution in [3.05, 3.63) is 66.3 Å². The molecule has 0 bridgehead atoms. The van der Waals surface area contributed by atoms with Crippen LogP contribution in [0.25, 0.3) is 5.57 Å². The number of aliphatic carboxylic acids is 1. The third kappa shape index (κ3) is 13.7. The van der Waals surface area contributed by atoms with Gasteiger partial charge in [-0.15, -0.1) is 0 Å². The van der Waals surface area contributed by atoms with Gasteiger partial charge in [-0.05, 0) is 23.6 Å². The fourth-order valence-electron chi connectivity index (χ4n) is 7.54. The van der Waals surface area contributed by atoms with Crippen LogP contribution in [0.2, 0.25) is 0 Å². The summed E-state index contributed by atoms with van der Waals surface area (Å²) in [5, 5.41) is 115. The van der Waals surface area contributed by atoms with Crippen molar-refractivity contribution in [3.8, 4) is 0 Å². The number of hydrogen-bond acceptors (Lipinski definition) is 20. The van der Waals surface area contributed by atoms with E-state index in [9.17, 15) is 70.2 Å². The molecule has 8 unspecified atom stereocenters. The van der Waals surface area contributed by atoms with Crippen LogP contribution in [0, 0.1) is 0 Å². The van der Waals surface area contributed by atoms with Gasteiger partial charge in [0, 0.05) is 26.4 Å². The minimum absolute atomic E-state index is 0.0280. The second-order valence-electron chi connectivity index (χ2n) is 15.8. The average Bonchev–Trinajstić information content (AvgIpc) is 3.29. The second-order valence-corrected chi connectivity index (χ2v) is 15.8. The first-order valence-corrected chi connectivity index (χ1v) is 21.0. The number of nitrogens with one attached hydrogen (secondary N) is 3. The molecule has 15 N–H and O–H groups in total. The van der Waals surface area contributed by atoms with Crippen molar-refractivity contribution < 1.29 is 98.7 Å². The van der Waals surface area contributed by atoms with Crippen LogP contribution in [0.1, 0.15) is 31.4 Å². The van der Waals surface area contributed by atoms with Gasteiger partial charge in [-0.1, -0.05) is 55.1 Å². The zero-order valence-electron chi connectivity index (χ0n) is 36.3. The van der Waals surface area contributed by atoms with E-state index in [1.165, 1.54) is 0 Å². The molecule has 4 rings (SSSR count). The minimum Gasteiger partial charge on any atom is -0.477 e. The van der Waals surface area contributed by atoms with Crippen molar-refractivity contribution in [2.45, 2.75) is 124 Å². The van der Waals surface area contributed by atoms with E-state index in [0.29, 0.717) is 5.56 Å². The van der Waals surface area contributed by atoms with E-state index in [2.05, 4.69) is 22.5 Å². The van der Waals surface area contributed by atoms with E-state index in [-0.39, 0.29) is 19.6 Å². The fourth-order valence-corrected chi connectivity index (χ4v) is 7.54. The third-order valence-corrected chi connectivity index (χ3v) is 11.0. The summed E-state index contributed by atoms with van der Waals surface area (Å²) in [7, 11) is 0. The molecule has 24 nitrogen and oxygen atoms in total. The summed E-state index contributed by atoms with van der Waals surface area (Å²) < 4.78 is 34.0. The molecule has 0 radical (unpaired) electrons. The Balaban J connectivity index is 1.50. The smallest absolute Gasteiger partial charge is 0.364 e. The summed E-state index contributed by atoms with van der Waals surface area (Å²) in [5.41, 5.74) is 7.78. The van der Waals surface area contributed by atoms with Gasteiger partial charge < -0.3 is 101 Å². The largest absolute Gasteiger partial charge is 0.477 e. The van der Waals surface area contributed by atoms with Gasteiger partial charge in [0.1, 0.15) is 67.6 Å². The maximum absolute atomic E-state index is 12.9. The Morgan fingerprint density at radius 1 is 0.939 bits per heavy atom. The summed E-state index contributed by atoms with van der Waals surface area (Å²) in [5.74, 6) is -7.20. The number of carbonyl (C=O) groups is 4. The lowest BCUT2D eigenvalue weighted by Crippen LogP contribution is -2.69. The Kier molecular flexibility index (Phi) is 20.7. The number of ether oxygens (including phenoxy) is 6. The predicted octanol–water partition coefficient (Wildman–Crippen LogP) is -5.61. The lowest BCUT2D eigenvalue weighted by Gasteiger charge is -2.48. The molecule has 0 aromatic heterocycles. The highest BCUT2D eigenvalue weighted by molar-refractivity contribution is 5.80. The highest BCUT2D eigenvalue weighted by atomic mass is 16.8. The van der Waals surface area contributed by atoms with Crippen LogP contribution in [0.4, 0.5) is 0 Å². The number of carboxylic acid groups (broad SMARTS) is 1. The van der Waals surface area contributed by atoms with E-state index >= 15 is 0 Å². The van der Waals surface area contributed by atoms with Crippen LogP contribution in [0.15, 0.2) is 55.1 Å². The van der Waals surface area contributed by atoms with Crippen LogP contribution in [-0.2, 0) is 54.0 Å². The molecule has 16 atom stereocenters. The second kappa shape index (κ2) is 25.2. The number of hydrogen-bond donors (Lipinski definition) is 14. The zero-order chi connectivity index (χ0) is 48.9. The number of amides is 3. The van der Waals surface area contributed by atoms with Gasteiger partial charge in [0.25, 0.3) is 5.79 Å². The van der Waals surface area contributed by atoms with Crippen molar-refractivity contribution in [1.82, 2.24) is 16.0 Å². The first-order chi connectivity index (χ1) is 31.3. The molecule has 66 heavy (non-hydrogen) atoms. The molecule has 24 heteroatoms. The van der Waals surface area contributed by atoms with Gasteiger partial charge in [-0.25, -0.2) is 4.79 Å². The Labute approximate surface area is 379 Å². The van der Waals surface area contributed by atoms with E-state index in [1.807, 2.05) is 25.2 Å². The maximum atomic E-state index is 12.9. The molecular formula is C42H62N4O20. The Morgan fingerprint density at radius 2 is 1.62 bits per heavy atom. The van der Waals surface area contributed by atoms with E-state index in [4.69, 9.17) is 34.2 Å². The molecule has 3 fully saturated rings. The fraction of sp³-hybridized carbons (Fsp3) is 0.619. The molecule has 0 aliphatic carbocycles. The van der Waals surface area contributed by atoms with E-state index in [0.717, 1.165) is 18.1 Å². The summed E-state index contributed by atoms with van der Waals surface area (Å²) in [4.78, 5) is 50.1. The summed E-state index contributed by atoms with van der Waals surface area (Å²) in [6.07, 6.45) is -18.0. The van der Waals surface area contributed by atoms with Gasteiger partial charge in [0.05, 0.1) is 44.5 Å². The number of nitrogens with two attached hydrogens (primary N) is 1. The molecule has 3 heterocycles. The summed E-state index contributed by atoms with van der Waals surface area (Å²) >= 11 is 0. The van der Waals surface area contributed by atoms with Crippen LogP contribution in [-0.4, -0.2) is 212 Å². The molecule has 1 aromatic carbocycles. The molecule has 0 saturated carbocycles. The van der Waals surface area contributed by atoms with Crippen LogP contribution < -0.4 is 21.7 Å². The predicted molar refractivity (Wildman–Crippen MR) is 225 cm³/mol. The quantitative estimate of drug-likeness (QED) is 0.0482. The monoisotopic (exact) mass is 942 g/mol. The van der Waals surface area contributed by atoms with Crippen LogP contribution in [0.3, 0.4) is 0 Å². The molecule has 3 aliphatic rings. The van der Waals surface area contributed by atoms with Gasteiger partial charge in [-0.2, -0.15) is 0 Å². The Morgan fingerprint density at radius 3 is 2.21 bits per heavy atom. The number of rotatable bonds is 22. The van der Waals surface area contributed by atoms with E-state index < -0.39 is 154 Å². The topological polar surface area (TPSA) is 388 Å². The van der Waals surface area contributed by atoms with Gasteiger partial charge in [0.15, 0.2) is 12.6 Å². The molecule has 370 valence electrons. The van der Waals surface area contributed by atoms with Crippen molar-refractivity contribution in [3.63, 3.8) is 0 Å².